The van der Waals surface area contributed by atoms with Gasteiger partial charge in [-0.1, -0.05) is 25.1 Å². The number of nitrogens with one attached hydrogen (secondary N) is 2. The lowest BCUT2D eigenvalue weighted by Gasteiger charge is -2.14. The molecule has 104 valence electrons. The summed E-state index contributed by atoms with van der Waals surface area (Å²) in [5, 5.41) is 9.30. The van der Waals surface area contributed by atoms with Crippen molar-refractivity contribution in [3.8, 4) is 0 Å². The van der Waals surface area contributed by atoms with Crippen LogP contribution in [0.1, 0.15) is 23.4 Å². The summed E-state index contributed by atoms with van der Waals surface area (Å²) >= 11 is 1.63. The zero-order chi connectivity index (χ0) is 13.9. The van der Waals surface area contributed by atoms with Gasteiger partial charge in [-0.15, -0.1) is 11.3 Å². The molecule has 0 saturated heterocycles. The predicted molar refractivity (Wildman–Crippen MR) is 81.1 cm³/mol. The van der Waals surface area contributed by atoms with Gasteiger partial charge < -0.3 is 10.6 Å². The van der Waals surface area contributed by atoms with Crippen LogP contribution in [0.2, 0.25) is 0 Å². The fraction of sp³-hybridized carbons (Fsp3) is 0.333. The smallest absolute Gasteiger partial charge is 0.242 e. The molecule has 2 N–H and O–H groups in total. The molecule has 4 nitrogen and oxygen atoms in total. The molecule has 0 bridgehead atoms. The molecular weight excluding hydrogens is 270 g/mol. The van der Waals surface area contributed by atoms with E-state index in [9.17, 15) is 4.79 Å². The van der Waals surface area contributed by atoms with Gasteiger partial charge in [-0.05, 0) is 11.6 Å². The van der Waals surface area contributed by atoms with Crippen LogP contribution in [0.4, 0.5) is 5.69 Å². The average molecular weight is 287 g/mol. The molecule has 0 fully saturated rings. The van der Waals surface area contributed by atoms with E-state index in [1.807, 2.05) is 23.6 Å². The Morgan fingerprint density at radius 2 is 2.40 bits per heavy atom. The van der Waals surface area contributed by atoms with E-state index in [2.05, 4.69) is 28.6 Å². The topological polar surface area (TPSA) is 54.0 Å². The predicted octanol–water partition coefficient (Wildman–Crippen LogP) is 2.40. The third-order valence-electron chi connectivity index (χ3n) is 3.54. The van der Waals surface area contributed by atoms with Crippen LogP contribution in [0.5, 0.6) is 0 Å². The molecule has 0 aliphatic carbocycles. The maximum absolute atomic E-state index is 12.2. The first-order valence-electron chi connectivity index (χ1n) is 6.75. The fourth-order valence-electron chi connectivity index (χ4n) is 2.40. The normalized spacial score (nSPS) is 18.1. The zero-order valence-corrected chi connectivity index (χ0v) is 12.1. The van der Waals surface area contributed by atoms with Crippen molar-refractivity contribution in [2.45, 2.75) is 25.3 Å². The molecular formula is C15H17N3OS. The summed E-state index contributed by atoms with van der Waals surface area (Å²) in [6.07, 6.45) is 2.56. The Hall–Kier alpha value is -1.88. The summed E-state index contributed by atoms with van der Waals surface area (Å²) in [5.74, 6) is 0.312. The Bertz CT molecular complexity index is 572. The van der Waals surface area contributed by atoms with Crippen molar-refractivity contribution in [3.63, 3.8) is 0 Å². The Balaban J connectivity index is 1.54. The molecule has 0 spiro atoms. The number of benzene rings is 1. The van der Waals surface area contributed by atoms with Crippen LogP contribution in [0.3, 0.4) is 0 Å². The van der Waals surface area contributed by atoms with Crippen molar-refractivity contribution < 1.29 is 4.79 Å². The van der Waals surface area contributed by atoms with Gasteiger partial charge in [0.25, 0.3) is 0 Å². The van der Waals surface area contributed by atoms with Crippen LogP contribution in [0, 0.1) is 0 Å². The first kappa shape index (κ1) is 13.1. The number of carbonyl (C=O) groups is 1. The highest BCUT2D eigenvalue weighted by molar-refractivity contribution is 7.09. The molecule has 2 atom stereocenters. The highest BCUT2D eigenvalue weighted by Crippen LogP contribution is 2.25. The van der Waals surface area contributed by atoms with Crippen molar-refractivity contribution in [2.24, 2.45) is 0 Å². The second-order valence-electron chi connectivity index (χ2n) is 5.07. The number of amides is 1. The monoisotopic (exact) mass is 287 g/mol. The van der Waals surface area contributed by atoms with E-state index in [1.165, 1.54) is 5.56 Å². The number of para-hydroxylation sites is 1. The molecule has 5 heteroatoms. The second kappa shape index (κ2) is 5.63. The van der Waals surface area contributed by atoms with Gasteiger partial charge in [0.05, 0.1) is 5.01 Å². The maximum atomic E-state index is 12.2. The first-order valence-corrected chi connectivity index (χ1v) is 7.63. The zero-order valence-electron chi connectivity index (χ0n) is 11.3. The minimum absolute atomic E-state index is 0.0598. The number of aromatic nitrogens is 1. The van der Waals surface area contributed by atoms with E-state index in [1.54, 1.807) is 17.5 Å². The maximum Gasteiger partial charge on any atom is 0.242 e. The van der Waals surface area contributed by atoms with Crippen LogP contribution >= 0.6 is 11.3 Å². The number of thiazole rings is 1. The largest absolute Gasteiger partial charge is 0.373 e. The fourth-order valence-corrected chi connectivity index (χ4v) is 3.10. The Morgan fingerprint density at radius 3 is 3.15 bits per heavy atom. The van der Waals surface area contributed by atoms with E-state index >= 15 is 0 Å². The third-order valence-corrected chi connectivity index (χ3v) is 4.55. The standard InChI is InChI=1S/C15H17N3OS/c1-10(15-16-6-7-20-15)9-17-14(19)13-8-11-4-2-3-5-12(11)18-13/h2-7,10,13,18H,8-9H2,1H3,(H,17,19)/t10?,13-/m0/s1. The van der Waals surface area contributed by atoms with Gasteiger partial charge in [-0.2, -0.15) is 0 Å². The number of fused-ring (bicyclic) bond motifs is 1. The van der Waals surface area contributed by atoms with Crippen LogP contribution in [-0.4, -0.2) is 23.5 Å². The molecule has 3 rings (SSSR count). The summed E-state index contributed by atoms with van der Waals surface area (Å²) in [6, 6.07) is 7.91. The Labute approximate surface area is 122 Å². The SMILES string of the molecule is CC(CNC(=O)[C@@H]1Cc2ccccc2N1)c1nccs1. The number of hydrogen-bond acceptors (Lipinski definition) is 4. The van der Waals surface area contributed by atoms with E-state index in [0.717, 1.165) is 17.1 Å². The number of rotatable bonds is 4. The first-order chi connectivity index (χ1) is 9.74. The van der Waals surface area contributed by atoms with E-state index in [0.29, 0.717) is 6.54 Å². The molecule has 1 aromatic heterocycles. The highest BCUT2D eigenvalue weighted by Gasteiger charge is 2.26. The van der Waals surface area contributed by atoms with Gasteiger partial charge in [-0.25, -0.2) is 4.98 Å². The van der Waals surface area contributed by atoms with Crippen LogP contribution in [-0.2, 0) is 11.2 Å². The van der Waals surface area contributed by atoms with Crippen molar-refractivity contribution >= 4 is 22.9 Å². The van der Waals surface area contributed by atoms with Gasteiger partial charge >= 0.3 is 0 Å². The Kier molecular flexibility index (Phi) is 3.69. The van der Waals surface area contributed by atoms with Gasteiger partial charge in [0.1, 0.15) is 6.04 Å². The van der Waals surface area contributed by atoms with Crippen molar-refractivity contribution in [3.05, 3.63) is 46.4 Å². The molecule has 1 aliphatic heterocycles. The van der Waals surface area contributed by atoms with Crippen molar-refractivity contribution in [1.82, 2.24) is 10.3 Å². The van der Waals surface area contributed by atoms with Gasteiger partial charge in [-0.3, -0.25) is 4.79 Å². The summed E-state index contributed by atoms with van der Waals surface area (Å²) in [5.41, 5.74) is 2.28. The number of nitrogens with zero attached hydrogens (tertiary/aromatic N) is 1. The summed E-state index contributed by atoms with van der Waals surface area (Å²) in [4.78, 5) is 16.5. The van der Waals surface area contributed by atoms with Crippen LogP contribution in [0.15, 0.2) is 35.8 Å². The molecule has 1 unspecified atom stereocenters. The summed E-state index contributed by atoms with van der Waals surface area (Å²) in [7, 11) is 0. The molecule has 2 heterocycles. The molecule has 20 heavy (non-hydrogen) atoms. The minimum atomic E-state index is -0.157. The second-order valence-corrected chi connectivity index (χ2v) is 6.00. The van der Waals surface area contributed by atoms with Crippen molar-refractivity contribution in [2.75, 3.05) is 11.9 Å². The molecule has 1 aliphatic rings. The van der Waals surface area contributed by atoms with Gasteiger partial charge in [0.2, 0.25) is 5.91 Å². The van der Waals surface area contributed by atoms with E-state index in [4.69, 9.17) is 0 Å². The van der Waals surface area contributed by atoms with Crippen LogP contribution in [0.25, 0.3) is 0 Å². The van der Waals surface area contributed by atoms with Crippen molar-refractivity contribution in [1.29, 1.82) is 0 Å². The summed E-state index contributed by atoms with van der Waals surface area (Å²) in [6.45, 7) is 2.71. The Morgan fingerprint density at radius 1 is 1.55 bits per heavy atom. The number of hydrogen-bond donors (Lipinski definition) is 2. The number of carbonyl (C=O) groups excluding carboxylic acids is 1. The van der Waals surface area contributed by atoms with Gasteiger partial charge in [0, 0.05) is 36.1 Å². The van der Waals surface area contributed by atoms with Gasteiger partial charge in [0.15, 0.2) is 0 Å². The quantitative estimate of drug-likeness (QED) is 0.908. The van der Waals surface area contributed by atoms with Crippen LogP contribution < -0.4 is 10.6 Å². The summed E-state index contributed by atoms with van der Waals surface area (Å²) < 4.78 is 0. The third kappa shape index (κ3) is 2.67. The lowest BCUT2D eigenvalue weighted by Crippen LogP contribution is -2.39. The molecule has 1 aromatic carbocycles. The van der Waals surface area contributed by atoms with E-state index in [-0.39, 0.29) is 17.9 Å². The lowest BCUT2D eigenvalue weighted by molar-refractivity contribution is -0.121. The molecule has 1 amide bonds. The molecule has 0 saturated carbocycles. The highest BCUT2D eigenvalue weighted by atomic mass is 32.1. The molecule has 0 radical (unpaired) electrons. The lowest BCUT2D eigenvalue weighted by atomic mass is 10.1. The molecule has 2 aromatic rings. The average Bonchev–Trinajstić information content (AvgIpc) is 3.12. The minimum Gasteiger partial charge on any atom is -0.373 e. The van der Waals surface area contributed by atoms with E-state index < -0.39 is 0 Å². The number of anilines is 1.